The second-order valence-corrected chi connectivity index (χ2v) is 10.5. The Kier molecular flexibility index (Phi) is 9.24. The minimum atomic E-state index is -1.73. The van der Waals surface area contributed by atoms with Gasteiger partial charge in [0.25, 0.3) is 23.3 Å². The summed E-state index contributed by atoms with van der Waals surface area (Å²) in [6, 6.07) is 4.47. The van der Waals surface area contributed by atoms with Gasteiger partial charge in [-0.15, -0.1) is 0 Å². The Labute approximate surface area is 224 Å². The third-order valence-electron chi connectivity index (χ3n) is 7.11. The number of nitrogens with zero attached hydrogens (tertiary/aromatic N) is 4. The molecule has 4 amide bonds. The summed E-state index contributed by atoms with van der Waals surface area (Å²) in [5, 5.41) is 9.47. The van der Waals surface area contributed by atoms with Gasteiger partial charge in [-0.25, -0.2) is 4.79 Å². The topological polar surface area (TPSA) is 120 Å². The predicted octanol–water partition coefficient (Wildman–Crippen LogP) is 2.68. The van der Waals surface area contributed by atoms with Crippen LogP contribution in [-0.4, -0.2) is 109 Å². The Bertz CT molecular complexity index is 1060. The van der Waals surface area contributed by atoms with Gasteiger partial charge in [-0.3, -0.25) is 14.4 Å². The Morgan fingerprint density at radius 2 is 1.95 bits per heavy atom. The molecule has 2 heterocycles. The number of hydrogen-bond donors (Lipinski definition) is 1. The molecule has 0 aromatic heterocycles. The molecule has 1 fully saturated rings. The van der Waals surface area contributed by atoms with Gasteiger partial charge in [0.15, 0.2) is 0 Å². The molecular weight excluding hydrogens is 492 g/mol. The Morgan fingerprint density at radius 1 is 1.24 bits per heavy atom. The van der Waals surface area contributed by atoms with Crippen molar-refractivity contribution in [1.82, 2.24) is 14.7 Å². The van der Waals surface area contributed by atoms with E-state index >= 15 is 0 Å². The molecule has 2 aliphatic heterocycles. The molecule has 1 aromatic carbocycles. The number of carbonyl (C=O) groups is 4. The van der Waals surface area contributed by atoms with Crippen LogP contribution in [0.1, 0.15) is 56.8 Å². The highest BCUT2D eigenvalue weighted by atomic mass is 16.5. The van der Waals surface area contributed by atoms with Crippen LogP contribution in [-0.2, 0) is 14.3 Å². The third kappa shape index (κ3) is 5.87. The van der Waals surface area contributed by atoms with Crippen molar-refractivity contribution >= 4 is 29.5 Å². The summed E-state index contributed by atoms with van der Waals surface area (Å²) in [5.41, 5.74) is -0.928. The fourth-order valence-electron chi connectivity index (χ4n) is 5.20. The molecule has 0 spiro atoms. The lowest BCUT2D eigenvalue weighted by Gasteiger charge is -2.42. The molecule has 0 saturated carbocycles. The van der Waals surface area contributed by atoms with E-state index in [0.29, 0.717) is 56.0 Å². The smallest absolute Gasteiger partial charge is 0.407 e. The Morgan fingerprint density at radius 3 is 2.55 bits per heavy atom. The van der Waals surface area contributed by atoms with E-state index in [1.165, 1.54) is 21.6 Å². The fraction of sp³-hybridized carbons (Fsp3) is 0.630. The van der Waals surface area contributed by atoms with E-state index in [0.717, 1.165) is 6.42 Å². The van der Waals surface area contributed by atoms with Gasteiger partial charge >= 0.3 is 6.09 Å². The lowest BCUT2D eigenvalue weighted by molar-refractivity contribution is -0.154. The monoisotopic (exact) mass is 532 g/mol. The van der Waals surface area contributed by atoms with E-state index in [4.69, 9.17) is 9.47 Å². The lowest BCUT2D eigenvalue weighted by atomic mass is 9.97. The maximum absolute atomic E-state index is 13.8. The third-order valence-corrected chi connectivity index (χ3v) is 7.11. The summed E-state index contributed by atoms with van der Waals surface area (Å²) in [6.45, 7) is 6.85. The first-order chi connectivity index (χ1) is 17.9. The number of likely N-dealkylation sites (N-methyl/N-ethyl adjacent to an activating group) is 1. The average molecular weight is 533 g/mol. The van der Waals surface area contributed by atoms with E-state index in [-0.39, 0.29) is 24.5 Å². The number of anilines is 1. The average Bonchev–Trinajstić information content (AvgIpc) is 2.87. The highest BCUT2D eigenvalue weighted by Gasteiger charge is 2.51. The van der Waals surface area contributed by atoms with Crippen molar-refractivity contribution in [3.63, 3.8) is 0 Å². The SMILES string of the molecule is COCCCCN1C(=O)C(C)(C(=O)N(C)C)Oc2ccc(C(=O)N(C(C)C)[C@@H]3CCCN(C(=O)O)C3)cc21. The number of carboxylic acid groups (broad SMARTS) is 1. The van der Waals surface area contributed by atoms with Crippen LogP contribution in [0.5, 0.6) is 5.75 Å². The molecule has 1 N–H and O–H groups in total. The minimum absolute atomic E-state index is 0.165. The maximum Gasteiger partial charge on any atom is 0.407 e. The van der Waals surface area contributed by atoms with Crippen LogP contribution in [0.4, 0.5) is 10.5 Å². The van der Waals surface area contributed by atoms with Crippen molar-refractivity contribution in [3.05, 3.63) is 23.8 Å². The van der Waals surface area contributed by atoms with Gasteiger partial charge in [0.2, 0.25) is 0 Å². The largest absolute Gasteiger partial charge is 0.465 e. The first-order valence-electron chi connectivity index (χ1n) is 13.1. The van der Waals surface area contributed by atoms with Crippen LogP contribution in [0.3, 0.4) is 0 Å². The van der Waals surface area contributed by atoms with Gasteiger partial charge in [-0.2, -0.15) is 0 Å². The molecule has 0 aliphatic carbocycles. The quantitative estimate of drug-likeness (QED) is 0.384. The molecule has 2 atom stereocenters. The number of fused-ring (bicyclic) bond motifs is 1. The second kappa shape index (κ2) is 12.0. The van der Waals surface area contributed by atoms with E-state index in [9.17, 15) is 24.3 Å². The normalized spacial score (nSPS) is 21.1. The number of piperidine rings is 1. The lowest BCUT2D eigenvalue weighted by Crippen LogP contribution is -2.62. The molecule has 1 aromatic rings. The fourth-order valence-corrected chi connectivity index (χ4v) is 5.20. The van der Waals surface area contributed by atoms with Crippen LogP contribution in [0.15, 0.2) is 18.2 Å². The van der Waals surface area contributed by atoms with Crippen molar-refractivity contribution in [2.75, 3.05) is 52.3 Å². The summed E-state index contributed by atoms with van der Waals surface area (Å²) < 4.78 is 11.1. The highest BCUT2D eigenvalue weighted by molar-refractivity contribution is 6.16. The number of methoxy groups -OCH3 is 1. The van der Waals surface area contributed by atoms with Crippen molar-refractivity contribution in [3.8, 4) is 5.75 Å². The molecule has 0 bridgehead atoms. The number of likely N-dealkylation sites (tertiary alicyclic amines) is 1. The number of hydrogen-bond acceptors (Lipinski definition) is 6. The number of rotatable bonds is 9. The summed E-state index contributed by atoms with van der Waals surface area (Å²) in [6.07, 6.45) is 1.74. The van der Waals surface area contributed by atoms with Gasteiger partial charge in [-0.05, 0) is 64.7 Å². The van der Waals surface area contributed by atoms with E-state index < -0.39 is 23.5 Å². The van der Waals surface area contributed by atoms with Crippen LogP contribution in [0.2, 0.25) is 0 Å². The number of ether oxygens (including phenoxy) is 2. The predicted molar refractivity (Wildman–Crippen MR) is 142 cm³/mol. The van der Waals surface area contributed by atoms with Crippen LogP contribution < -0.4 is 9.64 Å². The van der Waals surface area contributed by atoms with Crippen LogP contribution in [0, 0.1) is 0 Å². The van der Waals surface area contributed by atoms with E-state index in [2.05, 4.69) is 0 Å². The number of unbranched alkanes of at least 4 members (excludes halogenated alkanes) is 1. The maximum atomic E-state index is 13.8. The summed E-state index contributed by atoms with van der Waals surface area (Å²) in [4.78, 5) is 57.9. The van der Waals surface area contributed by atoms with Gasteiger partial charge in [-0.1, -0.05) is 0 Å². The molecule has 11 heteroatoms. The first kappa shape index (κ1) is 29.2. The zero-order valence-corrected chi connectivity index (χ0v) is 23.2. The first-order valence-corrected chi connectivity index (χ1v) is 13.1. The van der Waals surface area contributed by atoms with Crippen molar-refractivity contribution in [2.24, 2.45) is 0 Å². The summed E-state index contributed by atoms with van der Waals surface area (Å²) >= 11 is 0. The zero-order valence-electron chi connectivity index (χ0n) is 23.2. The molecule has 2 aliphatic rings. The minimum Gasteiger partial charge on any atom is -0.465 e. The van der Waals surface area contributed by atoms with Gasteiger partial charge in [0.1, 0.15) is 5.75 Å². The van der Waals surface area contributed by atoms with E-state index in [1.54, 1.807) is 44.3 Å². The van der Waals surface area contributed by atoms with Crippen LogP contribution in [0.25, 0.3) is 0 Å². The highest BCUT2D eigenvalue weighted by Crippen LogP contribution is 2.40. The van der Waals surface area contributed by atoms with E-state index in [1.807, 2.05) is 13.8 Å². The molecule has 0 radical (unpaired) electrons. The van der Waals surface area contributed by atoms with Crippen molar-refractivity contribution in [2.45, 2.75) is 64.1 Å². The summed E-state index contributed by atoms with van der Waals surface area (Å²) in [7, 11) is 4.76. The van der Waals surface area contributed by atoms with Crippen LogP contribution >= 0.6 is 0 Å². The second-order valence-electron chi connectivity index (χ2n) is 10.5. The van der Waals surface area contributed by atoms with Crippen molar-refractivity contribution in [1.29, 1.82) is 0 Å². The molecule has 210 valence electrons. The Hall–Kier alpha value is -3.34. The number of amides is 4. The molecule has 11 nitrogen and oxygen atoms in total. The molecule has 1 unspecified atom stereocenters. The van der Waals surface area contributed by atoms with Gasteiger partial charge < -0.3 is 34.2 Å². The number of carbonyl (C=O) groups excluding carboxylic acids is 3. The van der Waals surface area contributed by atoms with Gasteiger partial charge in [0, 0.05) is 59.1 Å². The van der Waals surface area contributed by atoms with Crippen molar-refractivity contribution < 1.29 is 33.8 Å². The zero-order chi connectivity index (χ0) is 28.2. The molecule has 38 heavy (non-hydrogen) atoms. The van der Waals surface area contributed by atoms with Gasteiger partial charge in [0.05, 0.1) is 11.7 Å². The molecular formula is C27H40N4O7. The molecule has 3 rings (SSSR count). The Balaban J connectivity index is 1.97. The molecule has 1 saturated heterocycles. The standard InChI is InChI=1S/C27H40N4O7/c1-18(2)31(20-10-9-13-29(17-20)26(35)36)23(32)19-11-12-22-21(16-19)30(14-7-8-15-37-6)25(34)27(3,38-22)24(33)28(4)5/h11-12,16,18,20H,7-10,13-15,17H2,1-6H3,(H,35,36)/t20-,27?/m1/s1. The number of benzene rings is 1. The summed E-state index contributed by atoms with van der Waals surface area (Å²) in [5.74, 6) is -0.863.